The maximum atomic E-state index is 9.46. The number of hydrogen-bond acceptors (Lipinski definition) is 2. The van der Waals surface area contributed by atoms with E-state index in [0.29, 0.717) is 22.5 Å². The van der Waals surface area contributed by atoms with Gasteiger partial charge >= 0.3 is 0 Å². The topological polar surface area (TPSA) is 21.3 Å². The second-order valence-electron chi connectivity index (χ2n) is 11.6. The maximum Gasteiger partial charge on any atom is 0.143 e. The highest BCUT2D eigenvalue weighted by Gasteiger charge is 2.22. The van der Waals surface area contributed by atoms with Gasteiger partial charge in [-0.3, -0.25) is 0 Å². The van der Waals surface area contributed by atoms with Crippen LogP contribution in [0, 0.1) is 0 Å². The zero-order valence-corrected chi connectivity index (χ0v) is 24.9. The minimum absolute atomic E-state index is 0.00970. The van der Waals surface area contributed by atoms with Gasteiger partial charge in [-0.15, -0.1) is 0 Å². The van der Waals surface area contributed by atoms with E-state index in [1.165, 1.54) is 0 Å². The summed E-state index contributed by atoms with van der Waals surface area (Å²) in [6.07, 6.45) is 0. The van der Waals surface area contributed by atoms with Gasteiger partial charge in [0.05, 0.1) is 37.4 Å². The van der Waals surface area contributed by atoms with Crippen molar-refractivity contribution in [3.05, 3.63) is 170 Å². The highest BCUT2D eigenvalue weighted by atomic mass is 16.3. The van der Waals surface area contributed by atoms with Gasteiger partial charge < -0.3 is 13.9 Å². The van der Waals surface area contributed by atoms with E-state index >= 15 is 0 Å². The van der Waals surface area contributed by atoms with Gasteiger partial charge in [0, 0.05) is 38.3 Å². The van der Waals surface area contributed by atoms with Crippen LogP contribution in [-0.2, 0) is 0 Å². The summed E-state index contributed by atoms with van der Waals surface area (Å²) in [7, 11) is 0. The number of anilines is 3. The molecule has 0 fully saturated rings. The zero-order chi connectivity index (χ0) is 37.0. The van der Waals surface area contributed by atoms with Crippen LogP contribution in [0.15, 0.2) is 174 Å². The molecule has 0 saturated carbocycles. The van der Waals surface area contributed by atoms with Crippen molar-refractivity contribution in [1.82, 2.24) is 4.57 Å². The molecule has 10 aromatic rings. The van der Waals surface area contributed by atoms with Crippen molar-refractivity contribution < 1.29 is 14.0 Å². The Morgan fingerprint density at radius 2 is 1.23 bits per heavy atom. The molecule has 10 rings (SSSR count). The molecule has 0 unspecified atom stereocenters. The standard InChI is InChI=1S/C44H28N2O/c1-3-17-33-29(12-1)14-9-23-38(33)46(41-24-11-25-42-43(41)37-27-26-30-13-2-4-18-34(30)44(37)47-42)32-16-10-15-31(28-32)45-39-21-7-5-19-35(39)36-20-6-8-22-40(36)45/h1-28H/i1D,3D,9D,12D,14D,17D,23D. The van der Waals surface area contributed by atoms with E-state index in [1.807, 2.05) is 103 Å². The fourth-order valence-corrected chi connectivity index (χ4v) is 7.05. The van der Waals surface area contributed by atoms with Crippen molar-refractivity contribution in [1.29, 1.82) is 0 Å². The van der Waals surface area contributed by atoms with Crippen LogP contribution >= 0.6 is 0 Å². The highest BCUT2D eigenvalue weighted by molar-refractivity contribution is 6.20. The molecule has 0 aliphatic rings. The first-order chi connectivity index (χ1) is 26.2. The number of hydrogen-bond donors (Lipinski definition) is 0. The van der Waals surface area contributed by atoms with E-state index in [9.17, 15) is 2.74 Å². The molecular weight excluding hydrogens is 572 g/mol. The Bertz CT molecular complexity index is 3160. The Morgan fingerprint density at radius 3 is 2.09 bits per heavy atom. The lowest BCUT2D eigenvalue weighted by Gasteiger charge is -2.28. The van der Waals surface area contributed by atoms with E-state index in [2.05, 4.69) is 28.8 Å². The number of aromatic nitrogens is 1. The minimum Gasteiger partial charge on any atom is -0.455 e. The number of para-hydroxylation sites is 2. The highest BCUT2D eigenvalue weighted by Crippen LogP contribution is 2.46. The van der Waals surface area contributed by atoms with Gasteiger partial charge in [-0.1, -0.05) is 115 Å². The molecule has 0 aliphatic heterocycles. The summed E-state index contributed by atoms with van der Waals surface area (Å²) in [5.41, 5.74) is 5.34. The third-order valence-electron chi connectivity index (χ3n) is 9.05. The van der Waals surface area contributed by atoms with E-state index in [-0.39, 0.29) is 28.5 Å². The van der Waals surface area contributed by atoms with Gasteiger partial charge in [0.15, 0.2) is 0 Å². The molecule has 3 nitrogen and oxygen atoms in total. The largest absolute Gasteiger partial charge is 0.455 e. The predicted octanol–water partition coefficient (Wildman–Crippen LogP) is 12.5. The van der Waals surface area contributed by atoms with Crippen molar-refractivity contribution in [2.45, 2.75) is 0 Å². The van der Waals surface area contributed by atoms with E-state index in [1.54, 1.807) is 4.90 Å². The lowest BCUT2D eigenvalue weighted by Crippen LogP contribution is -2.11. The molecule has 47 heavy (non-hydrogen) atoms. The van der Waals surface area contributed by atoms with Gasteiger partial charge in [0.2, 0.25) is 0 Å². The molecule has 0 bridgehead atoms. The molecule has 2 heterocycles. The van der Waals surface area contributed by atoms with Crippen LogP contribution in [0.1, 0.15) is 9.60 Å². The second-order valence-corrected chi connectivity index (χ2v) is 11.6. The fraction of sp³-hybridized carbons (Fsp3) is 0. The predicted molar refractivity (Wildman–Crippen MR) is 198 cm³/mol. The molecule has 8 aromatic carbocycles. The normalized spacial score (nSPS) is 13.9. The first-order valence-corrected chi connectivity index (χ1v) is 15.5. The van der Waals surface area contributed by atoms with Gasteiger partial charge in [0.1, 0.15) is 11.2 Å². The molecule has 3 heteroatoms. The Balaban J connectivity index is 1.36. The monoisotopic (exact) mass is 607 g/mol. The number of furan rings is 1. The summed E-state index contributed by atoms with van der Waals surface area (Å²) in [5.74, 6) is 0. The van der Waals surface area contributed by atoms with Crippen molar-refractivity contribution >= 4 is 82.4 Å². The van der Waals surface area contributed by atoms with Crippen LogP contribution in [0.2, 0.25) is 0 Å². The quantitative estimate of drug-likeness (QED) is 0.198. The summed E-state index contributed by atoms with van der Waals surface area (Å²) in [4.78, 5) is 1.80. The van der Waals surface area contributed by atoms with Gasteiger partial charge in [-0.2, -0.15) is 0 Å². The molecule has 0 amide bonds. The number of benzene rings is 8. The third-order valence-corrected chi connectivity index (χ3v) is 9.05. The Morgan fingerprint density at radius 1 is 0.511 bits per heavy atom. The Labute approximate surface area is 281 Å². The van der Waals surface area contributed by atoms with E-state index < -0.39 is 30.2 Å². The number of nitrogens with zero attached hydrogens (tertiary/aromatic N) is 2. The molecule has 220 valence electrons. The van der Waals surface area contributed by atoms with Crippen molar-refractivity contribution in [3.8, 4) is 5.69 Å². The van der Waals surface area contributed by atoms with Crippen molar-refractivity contribution in [3.63, 3.8) is 0 Å². The first-order valence-electron chi connectivity index (χ1n) is 19.0. The smallest absolute Gasteiger partial charge is 0.143 e. The van der Waals surface area contributed by atoms with Gasteiger partial charge in [-0.05, 0) is 65.3 Å². The molecule has 0 N–H and O–H groups in total. The average Bonchev–Trinajstić information content (AvgIpc) is 3.76. The summed E-state index contributed by atoms with van der Waals surface area (Å²) in [6, 6.07) is 38.9. The van der Waals surface area contributed by atoms with E-state index in [4.69, 9.17) is 11.3 Å². The first kappa shape index (κ1) is 19.9. The van der Waals surface area contributed by atoms with Crippen molar-refractivity contribution in [2.75, 3.05) is 4.90 Å². The summed E-state index contributed by atoms with van der Waals surface area (Å²) < 4.78 is 71.2. The molecule has 0 atom stereocenters. The summed E-state index contributed by atoms with van der Waals surface area (Å²) in [5, 5.41) is 5.57. The zero-order valence-electron chi connectivity index (χ0n) is 31.9. The summed E-state index contributed by atoms with van der Waals surface area (Å²) >= 11 is 0. The van der Waals surface area contributed by atoms with Crippen LogP contribution < -0.4 is 4.90 Å². The average molecular weight is 608 g/mol. The van der Waals surface area contributed by atoms with Gasteiger partial charge in [-0.25, -0.2) is 0 Å². The second kappa shape index (κ2) is 10.1. The molecule has 0 radical (unpaired) electrons. The minimum atomic E-state index is -0.501. The van der Waals surface area contributed by atoms with Crippen LogP contribution in [-0.4, -0.2) is 4.57 Å². The van der Waals surface area contributed by atoms with Crippen LogP contribution in [0.3, 0.4) is 0 Å². The lowest BCUT2D eigenvalue weighted by molar-refractivity contribution is 0.672. The maximum absolute atomic E-state index is 9.46. The molecule has 0 aliphatic carbocycles. The molecular formula is C44H28N2O. The van der Waals surface area contributed by atoms with Crippen LogP contribution in [0.25, 0.3) is 71.0 Å². The number of rotatable bonds is 4. The van der Waals surface area contributed by atoms with Crippen LogP contribution in [0.4, 0.5) is 17.1 Å². The van der Waals surface area contributed by atoms with Crippen LogP contribution in [0.5, 0.6) is 0 Å². The van der Waals surface area contributed by atoms with Crippen molar-refractivity contribution in [2.24, 2.45) is 0 Å². The fourth-order valence-electron chi connectivity index (χ4n) is 7.05. The van der Waals surface area contributed by atoms with E-state index in [0.717, 1.165) is 49.0 Å². The Hall–Kier alpha value is -6.32. The third kappa shape index (κ3) is 3.87. The lowest BCUT2D eigenvalue weighted by atomic mass is 10.0. The Kier molecular flexibility index (Phi) is 4.28. The molecule has 2 aromatic heterocycles. The molecule has 0 saturated heterocycles. The molecule has 0 spiro atoms. The SMILES string of the molecule is [2H]c1c([2H])c([2H])c2c(N(c3cccc(-n4c5ccccc5c5ccccc54)c3)c3cccc4oc5c6ccccc6ccc5c34)c([2H])c([2H])c([2H])c2c1[2H]. The summed E-state index contributed by atoms with van der Waals surface area (Å²) in [6.45, 7) is 0. The number of fused-ring (bicyclic) bond motifs is 9. The van der Waals surface area contributed by atoms with Gasteiger partial charge in [0.25, 0.3) is 0 Å².